The Hall–Kier alpha value is -2.05. The van der Waals surface area contributed by atoms with Crippen molar-refractivity contribution >= 4 is 11.9 Å². The van der Waals surface area contributed by atoms with E-state index in [1.807, 2.05) is 0 Å². The van der Waals surface area contributed by atoms with E-state index in [2.05, 4.69) is 5.32 Å². The Bertz CT molecular complexity index is 503. The van der Waals surface area contributed by atoms with E-state index in [1.165, 1.54) is 12.1 Å². The van der Waals surface area contributed by atoms with Crippen LogP contribution in [0.2, 0.25) is 0 Å². The van der Waals surface area contributed by atoms with Crippen molar-refractivity contribution in [2.24, 2.45) is 5.92 Å². The minimum Gasteiger partial charge on any atom is -0.464 e. The van der Waals surface area contributed by atoms with Gasteiger partial charge in [-0.05, 0) is 18.6 Å². The van der Waals surface area contributed by atoms with Crippen LogP contribution >= 0.6 is 0 Å². The van der Waals surface area contributed by atoms with Crippen LogP contribution in [-0.2, 0) is 9.53 Å². The smallest absolute Gasteiger partial charge is 0.394 e. The van der Waals surface area contributed by atoms with E-state index in [-0.39, 0.29) is 12.2 Å². The molecule has 0 aliphatic rings. The number of nitrogens with one attached hydrogen (secondary N) is 1. The van der Waals surface area contributed by atoms with Crippen molar-refractivity contribution in [3.8, 4) is 0 Å². The second kappa shape index (κ2) is 7.82. The van der Waals surface area contributed by atoms with Gasteiger partial charge in [-0.1, -0.05) is 32.0 Å². The van der Waals surface area contributed by atoms with E-state index < -0.39 is 30.0 Å². The molecule has 2 unspecified atom stereocenters. The number of hydrogen-bond donors (Lipinski definition) is 1. The molecule has 0 fully saturated rings. The lowest BCUT2D eigenvalue weighted by Gasteiger charge is -2.25. The zero-order chi connectivity index (χ0) is 16.8. The molecule has 1 amide bonds. The quantitative estimate of drug-likeness (QED) is 0.821. The maximum absolute atomic E-state index is 12.9. The maximum Gasteiger partial charge on any atom is 0.394 e. The van der Waals surface area contributed by atoms with Gasteiger partial charge < -0.3 is 10.1 Å². The number of rotatable bonds is 6. The van der Waals surface area contributed by atoms with Crippen LogP contribution in [0.3, 0.4) is 0 Å². The van der Waals surface area contributed by atoms with Crippen molar-refractivity contribution in [3.63, 3.8) is 0 Å². The van der Waals surface area contributed by atoms with Crippen LogP contribution in [0, 0.1) is 5.92 Å². The minimum atomic E-state index is -4.63. The molecule has 0 aliphatic heterocycles. The van der Waals surface area contributed by atoms with Gasteiger partial charge in [0.1, 0.15) is 6.04 Å². The number of ether oxygens (including phenoxy) is 1. The lowest BCUT2D eigenvalue weighted by atomic mass is 10.0. The molecule has 1 aromatic carbocycles. The van der Waals surface area contributed by atoms with Crippen molar-refractivity contribution in [2.75, 3.05) is 6.61 Å². The maximum atomic E-state index is 12.9. The molecule has 1 rings (SSSR count). The van der Waals surface area contributed by atoms with Gasteiger partial charge in [-0.3, -0.25) is 4.79 Å². The zero-order valence-corrected chi connectivity index (χ0v) is 12.3. The summed E-state index contributed by atoms with van der Waals surface area (Å²) >= 11 is 0. The van der Waals surface area contributed by atoms with Gasteiger partial charge in [-0.2, -0.15) is 13.2 Å². The molecule has 0 aromatic heterocycles. The van der Waals surface area contributed by atoms with Gasteiger partial charge in [0.05, 0.1) is 12.5 Å². The lowest BCUT2D eigenvalue weighted by Crippen LogP contribution is -2.50. The fourth-order valence-corrected chi connectivity index (χ4v) is 1.68. The van der Waals surface area contributed by atoms with E-state index >= 15 is 0 Å². The van der Waals surface area contributed by atoms with E-state index in [4.69, 9.17) is 4.74 Å². The number of carbonyl (C=O) groups is 2. The van der Waals surface area contributed by atoms with Gasteiger partial charge in [0.2, 0.25) is 0 Å². The monoisotopic (exact) mass is 317 g/mol. The number of alkyl halides is 3. The van der Waals surface area contributed by atoms with E-state index in [0.717, 1.165) is 6.92 Å². The second-order valence-corrected chi connectivity index (χ2v) is 4.81. The van der Waals surface area contributed by atoms with Crippen LogP contribution in [0.1, 0.15) is 30.6 Å². The summed E-state index contributed by atoms with van der Waals surface area (Å²) < 4.78 is 43.4. The summed E-state index contributed by atoms with van der Waals surface area (Å²) in [6.45, 7) is 2.56. The Morgan fingerprint density at radius 2 is 1.82 bits per heavy atom. The van der Waals surface area contributed by atoms with Gasteiger partial charge in [0.15, 0.2) is 0 Å². The first-order valence-corrected chi connectivity index (χ1v) is 6.86. The average molecular weight is 317 g/mol. The van der Waals surface area contributed by atoms with Gasteiger partial charge in [0, 0.05) is 5.56 Å². The van der Waals surface area contributed by atoms with E-state index in [9.17, 15) is 22.8 Å². The second-order valence-electron chi connectivity index (χ2n) is 4.81. The summed E-state index contributed by atoms with van der Waals surface area (Å²) in [4.78, 5) is 23.8. The van der Waals surface area contributed by atoms with Crippen LogP contribution in [0.25, 0.3) is 0 Å². The van der Waals surface area contributed by atoms with E-state index in [0.29, 0.717) is 6.42 Å². The first kappa shape index (κ1) is 18.0. The summed E-state index contributed by atoms with van der Waals surface area (Å²) in [5.74, 6) is -3.89. The van der Waals surface area contributed by atoms with Crippen LogP contribution in [0.4, 0.5) is 13.2 Å². The van der Waals surface area contributed by atoms with Crippen molar-refractivity contribution in [2.45, 2.75) is 32.5 Å². The largest absolute Gasteiger partial charge is 0.464 e. The van der Waals surface area contributed by atoms with Crippen LogP contribution in [0.15, 0.2) is 30.3 Å². The summed E-state index contributed by atoms with van der Waals surface area (Å²) in [5, 5.41) is 2.11. The van der Waals surface area contributed by atoms with Crippen LogP contribution in [-0.4, -0.2) is 30.7 Å². The molecule has 0 saturated carbocycles. The first-order valence-electron chi connectivity index (χ1n) is 6.86. The Morgan fingerprint density at radius 1 is 1.23 bits per heavy atom. The molecule has 1 aromatic rings. The lowest BCUT2D eigenvalue weighted by molar-refractivity contribution is -0.186. The normalized spacial score (nSPS) is 14.0. The molecule has 7 heteroatoms. The molecule has 0 bridgehead atoms. The van der Waals surface area contributed by atoms with Crippen LogP contribution < -0.4 is 5.32 Å². The van der Waals surface area contributed by atoms with Gasteiger partial charge in [-0.25, -0.2) is 4.79 Å². The highest BCUT2D eigenvalue weighted by Gasteiger charge is 2.45. The van der Waals surface area contributed by atoms with Crippen LogP contribution in [0.5, 0.6) is 0 Å². The predicted octanol–water partition coefficient (Wildman–Crippen LogP) is 2.94. The number of hydrogen-bond acceptors (Lipinski definition) is 3. The third kappa shape index (κ3) is 5.05. The molecular formula is C15H18F3NO3. The number of halogens is 3. The molecule has 0 saturated heterocycles. The first-order chi connectivity index (χ1) is 10.3. The van der Waals surface area contributed by atoms with Crippen molar-refractivity contribution in [3.05, 3.63) is 35.9 Å². The molecule has 0 spiro atoms. The summed E-state index contributed by atoms with van der Waals surface area (Å²) in [5.41, 5.74) is 0.171. The SMILES string of the molecule is CCCOC(=O)C(NC(=O)c1ccccc1)C(C)C(F)(F)F. The Morgan fingerprint density at radius 3 is 2.32 bits per heavy atom. The molecule has 0 heterocycles. The highest BCUT2D eigenvalue weighted by molar-refractivity contribution is 5.96. The fraction of sp³-hybridized carbons (Fsp3) is 0.467. The Balaban J connectivity index is 2.90. The molecule has 0 radical (unpaired) electrons. The summed E-state index contributed by atoms with van der Waals surface area (Å²) in [7, 11) is 0. The summed E-state index contributed by atoms with van der Waals surface area (Å²) in [6, 6.07) is 5.94. The fourth-order valence-electron chi connectivity index (χ4n) is 1.68. The van der Waals surface area contributed by atoms with Crippen molar-refractivity contribution in [1.29, 1.82) is 0 Å². The highest BCUT2D eigenvalue weighted by Crippen LogP contribution is 2.29. The molecule has 122 valence electrons. The predicted molar refractivity (Wildman–Crippen MR) is 74.2 cm³/mol. The third-order valence-electron chi connectivity index (χ3n) is 3.04. The van der Waals surface area contributed by atoms with Gasteiger partial charge in [0.25, 0.3) is 5.91 Å². The Labute approximate surface area is 126 Å². The molecule has 22 heavy (non-hydrogen) atoms. The third-order valence-corrected chi connectivity index (χ3v) is 3.04. The number of amides is 1. The highest BCUT2D eigenvalue weighted by atomic mass is 19.4. The molecule has 2 atom stereocenters. The standard InChI is InChI=1S/C15H18F3NO3/c1-3-9-22-14(21)12(10(2)15(16,17)18)19-13(20)11-7-5-4-6-8-11/h4-8,10,12H,3,9H2,1-2H3,(H,19,20). The molecular weight excluding hydrogens is 299 g/mol. The number of carbonyl (C=O) groups excluding carboxylic acids is 2. The van der Waals surface area contributed by atoms with Gasteiger partial charge in [-0.15, -0.1) is 0 Å². The topological polar surface area (TPSA) is 55.4 Å². The van der Waals surface area contributed by atoms with Gasteiger partial charge >= 0.3 is 12.1 Å². The molecule has 0 aliphatic carbocycles. The Kier molecular flexibility index (Phi) is 6.39. The minimum absolute atomic E-state index is 0.00111. The number of benzene rings is 1. The van der Waals surface area contributed by atoms with Crippen molar-refractivity contribution < 1.29 is 27.5 Å². The molecule has 1 N–H and O–H groups in total. The molecule has 4 nitrogen and oxygen atoms in total. The summed E-state index contributed by atoms with van der Waals surface area (Å²) in [6.07, 6.45) is -4.15. The van der Waals surface area contributed by atoms with Crippen molar-refractivity contribution in [1.82, 2.24) is 5.32 Å². The number of esters is 1. The zero-order valence-electron chi connectivity index (χ0n) is 12.3. The average Bonchev–Trinajstić information content (AvgIpc) is 2.49. The van der Waals surface area contributed by atoms with E-state index in [1.54, 1.807) is 25.1 Å².